The van der Waals surface area contributed by atoms with Crippen molar-refractivity contribution in [2.45, 2.75) is 19.4 Å². The van der Waals surface area contributed by atoms with E-state index in [1.807, 2.05) is 4.90 Å². The van der Waals surface area contributed by atoms with E-state index in [-0.39, 0.29) is 18.4 Å². The molecule has 0 radical (unpaired) electrons. The number of carbonyl (C=O) groups is 2. The van der Waals surface area contributed by atoms with Gasteiger partial charge in [0, 0.05) is 18.1 Å². The van der Waals surface area contributed by atoms with Gasteiger partial charge in [0.1, 0.15) is 0 Å². The number of benzene rings is 1. The number of carbonyl (C=O) groups excluding carboxylic acids is 2. The highest BCUT2D eigenvalue weighted by atomic mass is 35.5. The van der Waals surface area contributed by atoms with Crippen molar-refractivity contribution in [2.75, 3.05) is 30.7 Å². The highest BCUT2D eigenvalue weighted by molar-refractivity contribution is 6.31. The Morgan fingerprint density at radius 3 is 2.95 bits per heavy atom. The normalized spacial score (nSPS) is 18.1. The van der Waals surface area contributed by atoms with Gasteiger partial charge in [-0.25, -0.2) is 0 Å². The van der Waals surface area contributed by atoms with Crippen molar-refractivity contribution in [1.82, 2.24) is 10.2 Å². The van der Waals surface area contributed by atoms with E-state index in [1.54, 1.807) is 32.0 Å². The SMILES string of the molecule is CC1(C)C(=O)NCCN1CC(=O)Nc1cc(Cl)ccc1N. The maximum Gasteiger partial charge on any atom is 0.240 e. The number of nitrogen functional groups attached to an aromatic ring is 1. The lowest BCUT2D eigenvalue weighted by Gasteiger charge is -2.40. The number of piperazine rings is 1. The number of halogens is 1. The van der Waals surface area contributed by atoms with Crippen LogP contribution in [-0.4, -0.2) is 41.9 Å². The van der Waals surface area contributed by atoms with Crippen molar-refractivity contribution in [3.05, 3.63) is 23.2 Å². The topological polar surface area (TPSA) is 87.5 Å². The zero-order valence-corrected chi connectivity index (χ0v) is 12.8. The molecule has 0 bridgehead atoms. The number of nitrogens with zero attached hydrogens (tertiary/aromatic N) is 1. The van der Waals surface area contributed by atoms with Crippen molar-refractivity contribution in [1.29, 1.82) is 0 Å². The molecule has 7 heteroatoms. The molecule has 0 atom stereocenters. The smallest absolute Gasteiger partial charge is 0.240 e. The summed E-state index contributed by atoms with van der Waals surface area (Å²) in [4.78, 5) is 25.8. The van der Waals surface area contributed by atoms with Crippen LogP contribution < -0.4 is 16.4 Å². The minimum atomic E-state index is -0.713. The molecule has 1 aliphatic heterocycles. The molecular formula is C14H19ClN4O2. The van der Waals surface area contributed by atoms with Crippen LogP contribution in [0.5, 0.6) is 0 Å². The Bertz CT molecular complexity index is 574. The van der Waals surface area contributed by atoms with Gasteiger partial charge in [-0.2, -0.15) is 0 Å². The van der Waals surface area contributed by atoms with Crippen molar-refractivity contribution in [3.63, 3.8) is 0 Å². The van der Waals surface area contributed by atoms with Gasteiger partial charge in [0.05, 0.1) is 23.5 Å². The zero-order valence-electron chi connectivity index (χ0n) is 12.1. The van der Waals surface area contributed by atoms with E-state index in [4.69, 9.17) is 17.3 Å². The highest BCUT2D eigenvalue weighted by Crippen LogP contribution is 2.23. The van der Waals surface area contributed by atoms with Gasteiger partial charge in [-0.1, -0.05) is 11.6 Å². The zero-order chi connectivity index (χ0) is 15.6. The first kappa shape index (κ1) is 15.6. The molecule has 0 aromatic heterocycles. The second-order valence-electron chi connectivity index (χ2n) is 5.52. The Balaban J connectivity index is 2.04. The first-order chi connectivity index (χ1) is 9.80. The number of hydrogen-bond acceptors (Lipinski definition) is 4. The van der Waals surface area contributed by atoms with Gasteiger partial charge in [-0.05, 0) is 32.0 Å². The van der Waals surface area contributed by atoms with Gasteiger partial charge in [0.2, 0.25) is 11.8 Å². The average Bonchev–Trinajstić information content (AvgIpc) is 2.40. The molecule has 114 valence electrons. The number of nitrogens with one attached hydrogen (secondary N) is 2. The van der Waals surface area contributed by atoms with Gasteiger partial charge in [-0.3, -0.25) is 14.5 Å². The molecule has 4 N–H and O–H groups in total. The fourth-order valence-corrected chi connectivity index (χ4v) is 2.39. The van der Waals surface area contributed by atoms with Crippen LogP contribution in [0.25, 0.3) is 0 Å². The largest absolute Gasteiger partial charge is 0.397 e. The summed E-state index contributed by atoms with van der Waals surface area (Å²) in [6.07, 6.45) is 0. The maximum absolute atomic E-state index is 12.2. The monoisotopic (exact) mass is 310 g/mol. The number of nitrogens with two attached hydrogens (primary N) is 1. The summed E-state index contributed by atoms with van der Waals surface area (Å²) in [6.45, 7) is 4.86. The lowest BCUT2D eigenvalue weighted by atomic mass is 9.99. The lowest BCUT2D eigenvalue weighted by molar-refractivity contribution is -0.136. The molecule has 1 aromatic carbocycles. The Morgan fingerprint density at radius 1 is 1.52 bits per heavy atom. The molecule has 1 aliphatic rings. The van der Waals surface area contributed by atoms with E-state index < -0.39 is 5.54 Å². The van der Waals surface area contributed by atoms with Crippen molar-refractivity contribution in [2.24, 2.45) is 0 Å². The van der Waals surface area contributed by atoms with E-state index in [0.29, 0.717) is 29.5 Å². The third-order valence-corrected chi connectivity index (χ3v) is 3.87. The van der Waals surface area contributed by atoms with E-state index in [0.717, 1.165) is 0 Å². The Morgan fingerprint density at radius 2 is 2.24 bits per heavy atom. The van der Waals surface area contributed by atoms with Gasteiger partial charge in [-0.15, -0.1) is 0 Å². The van der Waals surface area contributed by atoms with Gasteiger partial charge in [0.25, 0.3) is 0 Å². The number of rotatable bonds is 3. The van der Waals surface area contributed by atoms with E-state index in [9.17, 15) is 9.59 Å². The minimum absolute atomic E-state index is 0.0798. The van der Waals surface area contributed by atoms with Crippen LogP contribution in [0.2, 0.25) is 5.02 Å². The van der Waals surface area contributed by atoms with Crippen molar-refractivity contribution >= 4 is 34.8 Å². The Labute approximate surface area is 128 Å². The molecule has 0 unspecified atom stereocenters. The third-order valence-electron chi connectivity index (χ3n) is 3.64. The fraction of sp³-hybridized carbons (Fsp3) is 0.429. The van der Waals surface area contributed by atoms with Gasteiger partial charge in [0.15, 0.2) is 0 Å². The standard InChI is InChI=1S/C14H19ClN4O2/c1-14(2)13(21)17-5-6-19(14)8-12(20)18-11-7-9(15)3-4-10(11)16/h3-4,7H,5-6,8,16H2,1-2H3,(H,17,21)(H,18,20). The van der Waals surface area contributed by atoms with E-state index in [1.165, 1.54) is 0 Å². The fourth-order valence-electron chi connectivity index (χ4n) is 2.22. The van der Waals surface area contributed by atoms with Crippen LogP contribution in [-0.2, 0) is 9.59 Å². The molecular weight excluding hydrogens is 292 g/mol. The van der Waals surface area contributed by atoms with Gasteiger partial charge < -0.3 is 16.4 Å². The molecule has 21 heavy (non-hydrogen) atoms. The second kappa shape index (κ2) is 5.91. The Kier molecular flexibility index (Phi) is 4.39. The minimum Gasteiger partial charge on any atom is -0.397 e. The van der Waals surface area contributed by atoms with Crippen LogP contribution in [0.4, 0.5) is 11.4 Å². The summed E-state index contributed by atoms with van der Waals surface area (Å²) < 4.78 is 0. The Hall–Kier alpha value is -1.79. The highest BCUT2D eigenvalue weighted by Gasteiger charge is 2.38. The molecule has 6 nitrogen and oxygen atoms in total. The predicted molar refractivity (Wildman–Crippen MR) is 83.2 cm³/mol. The quantitative estimate of drug-likeness (QED) is 0.729. The first-order valence-corrected chi connectivity index (χ1v) is 7.07. The molecule has 1 fully saturated rings. The molecule has 1 aromatic rings. The summed E-state index contributed by atoms with van der Waals surface area (Å²) in [5.41, 5.74) is 6.01. The first-order valence-electron chi connectivity index (χ1n) is 6.69. The van der Waals surface area contributed by atoms with E-state index >= 15 is 0 Å². The molecule has 0 saturated carbocycles. The molecule has 0 spiro atoms. The summed E-state index contributed by atoms with van der Waals surface area (Å²) in [7, 11) is 0. The van der Waals surface area contributed by atoms with Crippen LogP contribution >= 0.6 is 11.6 Å². The number of hydrogen-bond donors (Lipinski definition) is 3. The second-order valence-corrected chi connectivity index (χ2v) is 5.95. The summed E-state index contributed by atoms with van der Waals surface area (Å²) in [6, 6.07) is 4.89. The molecule has 2 amide bonds. The third kappa shape index (κ3) is 3.46. The van der Waals surface area contributed by atoms with Crippen LogP contribution in [0.1, 0.15) is 13.8 Å². The molecule has 2 rings (SSSR count). The maximum atomic E-state index is 12.2. The molecule has 1 heterocycles. The van der Waals surface area contributed by atoms with Crippen molar-refractivity contribution < 1.29 is 9.59 Å². The van der Waals surface area contributed by atoms with Crippen molar-refractivity contribution in [3.8, 4) is 0 Å². The predicted octanol–water partition coefficient (Wildman–Crippen LogP) is 1.07. The lowest BCUT2D eigenvalue weighted by Crippen LogP contribution is -2.62. The summed E-state index contributed by atoms with van der Waals surface area (Å²) >= 11 is 5.89. The number of anilines is 2. The van der Waals surface area contributed by atoms with Gasteiger partial charge >= 0.3 is 0 Å². The average molecular weight is 311 g/mol. The number of amides is 2. The summed E-state index contributed by atoms with van der Waals surface area (Å²) in [5, 5.41) is 6.02. The van der Waals surface area contributed by atoms with Crippen LogP contribution in [0.15, 0.2) is 18.2 Å². The van der Waals surface area contributed by atoms with Crippen LogP contribution in [0, 0.1) is 0 Å². The summed E-state index contributed by atoms with van der Waals surface area (Å²) in [5.74, 6) is -0.310. The van der Waals surface area contributed by atoms with Crippen LogP contribution in [0.3, 0.4) is 0 Å². The van der Waals surface area contributed by atoms with E-state index in [2.05, 4.69) is 10.6 Å². The molecule has 1 saturated heterocycles. The molecule has 0 aliphatic carbocycles.